The number of hydrogen-bond donors (Lipinski definition) is 1. The highest BCUT2D eigenvalue weighted by Gasteiger charge is 2.35. The lowest BCUT2D eigenvalue weighted by molar-refractivity contribution is -0.136. The molecule has 2 aromatic carbocycles. The maximum absolute atomic E-state index is 12.6. The summed E-state index contributed by atoms with van der Waals surface area (Å²) in [6, 6.07) is 13.1. The first-order valence-electron chi connectivity index (χ1n) is 9.53. The SMILES string of the molecule is COC(=O)C1=C(C)Nc2ncnn2C1c1cc(Br)c(OCc2ccccc2)c(OC)c1. The molecule has 31 heavy (non-hydrogen) atoms. The second-order valence-electron chi connectivity index (χ2n) is 6.89. The van der Waals surface area contributed by atoms with Crippen LogP contribution in [0, 0.1) is 0 Å². The van der Waals surface area contributed by atoms with Crippen molar-refractivity contribution in [2.75, 3.05) is 19.5 Å². The minimum Gasteiger partial charge on any atom is -0.493 e. The van der Waals surface area contributed by atoms with Gasteiger partial charge in [-0.1, -0.05) is 30.3 Å². The monoisotopic (exact) mass is 484 g/mol. The van der Waals surface area contributed by atoms with Crippen LogP contribution in [0.15, 0.2) is 64.5 Å². The van der Waals surface area contributed by atoms with E-state index in [-0.39, 0.29) is 0 Å². The van der Waals surface area contributed by atoms with Crippen LogP contribution >= 0.6 is 15.9 Å². The van der Waals surface area contributed by atoms with E-state index in [2.05, 4.69) is 31.3 Å². The number of ether oxygens (including phenoxy) is 3. The lowest BCUT2D eigenvalue weighted by Crippen LogP contribution is -2.29. The molecule has 3 aromatic rings. The molecule has 0 amide bonds. The second kappa shape index (κ2) is 8.81. The van der Waals surface area contributed by atoms with Gasteiger partial charge in [0.05, 0.1) is 24.3 Å². The smallest absolute Gasteiger partial charge is 0.338 e. The van der Waals surface area contributed by atoms with Crippen LogP contribution < -0.4 is 14.8 Å². The predicted octanol–water partition coefficient (Wildman–Crippen LogP) is 4.09. The Balaban J connectivity index is 1.75. The van der Waals surface area contributed by atoms with Crippen molar-refractivity contribution >= 4 is 27.8 Å². The minimum absolute atomic E-state index is 0.391. The number of aromatic nitrogens is 3. The van der Waals surface area contributed by atoms with Gasteiger partial charge < -0.3 is 19.5 Å². The average Bonchev–Trinajstić information content (AvgIpc) is 3.25. The van der Waals surface area contributed by atoms with Crippen LogP contribution in [0.4, 0.5) is 5.95 Å². The normalized spacial score (nSPS) is 15.2. The van der Waals surface area contributed by atoms with E-state index in [1.807, 2.05) is 42.5 Å². The summed E-state index contributed by atoms with van der Waals surface area (Å²) in [5, 5.41) is 7.41. The van der Waals surface area contributed by atoms with Crippen LogP contribution in [0.3, 0.4) is 0 Å². The van der Waals surface area contributed by atoms with Crippen molar-refractivity contribution in [1.82, 2.24) is 14.8 Å². The molecule has 2 heterocycles. The molecular formula is C22H21BrN4O4. The van der Waals surface area contributed by atoms with Gasteiger partial charge in [-0.2, -0.15) is 10.1 Å². The van der Waals surface area contributed by atoms with E-state index in [1.54, 1.807) is 18.7 Å². The number of hydrogen-bond acceptors (Lipinski definition) is 7. The molecule has 0 spiro atoms. The Morgan fingerprint density at radius 3 is 2.71 bits per heavy atom. The number of nitrogens with one attached hydrogen (secondary N) is 1. The Morgan fingerprint density at radius 1 is 1.23 bits per heavy atom. The molecular weight excluding hydrogens is 464 g/mol. The van der Waals surface area contributed by atoms with Crippen molar-refractivity contribution < 1.29 is 19.0 Å². The molecule has 9 heteroatoms. The van der Waals surface area contributed by atoms with E-state index in [1.165, 1.54) is 13.4 Å². The third-order valence-electron chi connectivity index (χ3n) is 4.99. The van der Waals surface area contributed by atoms with Crippen molar-refractivity contribution in [2.45, 2.75) is 19.6 Å². The fraction of sp³-hybridized carbons (Fsp3) is 0.227. The maximum Gasteiger partial charge on any atom is 0.338 e. The number of carbonyl (C=O) groups excluding carboxylic acids is 1. The summed E-state index contributed by atoms with van der Waals surface area (Å²) in [4.78, 5) is 16.8. The zero-order valence-corrected chi connectivity index (χ0v) is 18.8. The summed E-state index contributed by atoms with van der Waals surface area (Å²) in [6.45, 7) is 2.20. The molecule has 1 aliphatic rings. The third-order valence-corrected chi connectivity index (χ3v) is 5.58. The highest BCUT2D eigenvalue weighted by molar-refractivity contribution is 9.10. The number of halogens is 1. The van der Waals surface area contributed by atoms with E-state index < -0.39 is 12.0 Å². The van der Waals surface area contributed by atoms with Gasteiger partial charge >= 0.3 is 5.97 Å². The van der Waals surface area contributed by atoms with Crippen molar-refractivity contribution in [1.29, 1.82) is 0 Å². The Morgan fingerprint density at radius 2 is 2.00 bits per heavy atom. The Bertz CT molecular complexity index is 1140. The van der Waals surface area contributed by atoms with Gasteiger partial charge in [-0.15, -0.1) is 0 Å². The molecule has 1 atom stereocenters. The Kier molecular flexibility index (Phi) is 5.94. The Hall–Kier alpha value is -3.33. The number of rotatable bonds is 6. The zero-order valence-electron chi connectivity index (χ0n) is 17.3. The first kappa shape index (κ1) is 20.9. The molecule has 0 aliphatic carbocycles. The van der Waals surface area contributed by atoms with Crippen molar-refractivity contribution in [3.8, 4) is 11.5 Å². The van der Waals surface area contributed by atoms with E-state index in [4.69, 9.17) is 14.2 Å². The lowest BCUT2D eigenvalue weighted by Gasteiger charge is -2.28. The van der Waals surface area contributed by atoms with E-state index in [0.29, 0.717) is 39.8 Å². The topological polar surface area (TPSA) is 87.5 Å². The molecule has 8 nitrogen and oxygen atoms in total. The van der Waals surface area contributed by atoms with E-state index >= 15 is 0 Å². The first-order valence-corrected chi connectivity index (χ1v) is 10.3. The number of methoxy groups -OCH3 is 2. The van der Waals surface area contributed by atoms with Gasteiger partial charge in [-0.05, 0) is 46.1 Å². The molecule has 1 unspecified atom stereocenters. The van der Waals surface area contributed by atoms with Crippen molar-refractivity contribution in [2.24, 2.45) is 0 Å². The third kappa shape index (κ3) is 4.00. The molecule has 160 valence electrons. The van der Waals surface area contributed by atoms with Gasteiger partial charge in [0.2, 0.25) is 5.95 Å². The standard InChI is InChI=1S/C22H21BrN4O4/c1-13-18(21(28)30-3)19(27-22(26-13)24-12-25-27)15-9-16(23)20(17(10-15)29-2)31-11-14-7-5-4-6-8-14/h4-10,12,19H,11H2,1-3H3,(H,24,25,26). The Labute approximate surface area is 188 Å². The van der Waals surface area contributed by atoms with Crippen LogP contribution in [0.1, 0.15) is 24.1 Å². The van der Waals surface area contributed by atoms with Crippen LogP contribution in [-0.4, -0.2) is 35.0 Å². The molecule has 1 aromatic heterocycles. The number of anilines is 1. The molecule has 0 bridgehead atoms. The number of allylic oxidation sites excluding steroid dienone is 1. The summed E-state index contributed by atoms with van der Waals surface area (Å²) in [5.41, 5.74) is 2.89. The molecule has 0 saturated heterocycles. The molecule has 0 radical (unpaired) electrons. The summed E-state index contributed by atoms with van der Waals surface area (Å²) >= 11 is 3.60. The quantitative estimate of drug-likeness (QED) is 0.527. The molecule has 0 saturated carbocycles. The molecule has 0 fully saturated rings. The van der Waals surface area contributed by atoms with Crippen molar-refractivity contribution in [3.63, 3.8) is 0 Å². The summed E-state index contributed by atoms with van der Waals surface area (Å²) < 4.78 is 19.0. The highest BCUT2D eigenvalue weighted by atomic mass is 79.9. The molecule has 1 N–H and O–H groups in total. The van der Waals surface area contributed by atoms with E-state index in [9.17, 15) is 4.79 Å². The van der Waals surface area contributed by atoms with Gasteiger partial charge in [0, 0.05) is 5.70 Å². The van der Waals surface area contributed by atoms with Crippen LogP contribution in [0.5, 0.6) is 11.5 Å². The highest BCUT2D eigenvalue weighted by Crippen LogP contribution is 2.42. The van der Waals surface area contributed by atoms with Gasteiger partial charge in [0.1, 0.15) is 19.0 Å². The zero-order chi connectivity index (χ0) is 22.0. The number of fused-ring (bicyclic) bond motifs is 1. The fourth-order valence-corrected chi connectivity index (χ4v) is 4.12. The van der Waals surface area contributed by atoms with Gasteiger partial charge in [-0.25, -0.2) is 9.48 Å². The van der Waals surface area contributed by atoms with Gasteiger partial charge in [0.15, 0.2) is 11.5 Å². The van der Waals surface area contributed by atoms with Gasteiger partial charge in [-0.3, -0.25) is 0 Å². The molecule has 4 rings (SSSR count). The average molecular weight is 485 g/mol. The van der Waals surface area contributed by atoms with E-state index in [0.717, 1.165) is 11.1 Å². The number of carbonyl (C=O) groups is 1. The summed E-state index contributed by atoms with van der Waals surface area (Å²) in [5.74, 6) is 1.19. The van der Waals surface area contributed by atoms with Gasteiger partial charge in [0.25, 0.3) is 0 Å². The summed E-state index contributed by atoms with van der Waals surface area (Å²) in [6.07, 6.45) is 1.44. The van der Waals surface area contributed by atoms with Crippen LogP contribution in [0.2, 0.25) is 0 Å². The lowest BCUT2D eigenvalue weighted by atomic mass is 9.95. The van der Waals surface area contributed by atoms with Crippen LogP contribution in [0.25, 0.3) is 0 Å². The van der Waals surface area contributed by atoms with Crippen molar-refractivity contribution in [3.05, 3.63) is 75.7 Å². The number of nitrogens with zero attached hydrogens (tertiary/aromatic N) is 3. The number of esters is 1. The minimum atomic E-state index is -0.542. The number of benzene rings is 2. The predicted molar refractivity (Wildman–Crippen MR) is 118 cm³/mol. The van der Waals surface area contributed by atoms with Crippen LogP contribution in [-0.2, 0) is 16.1 Å². The summed E-state index contributed by atoms with van der Waals surface area (Å²) in [7, 11) is 2.93. The first-order chi connectivity index (χ1) is 15.0. The molecule has 1 aliphatic heterocycles. The second-order valence-corrected chi connectivity index (χ2v) is 7.75. The maximum atomic E-state index is 12.6. The largest absolute Gasteiger partial charge is 0.493 e. The fourth-order valence-electron chi connectivity index (χ4n) is 3.54.